The maximum Gasteiger partial charge on any atom is 0.336 e. The number of aromatic carboxylic acids is 1. The van der Waals surface area contributed by atoms with Crippen LogP contribution in [0.3, 0.4) is 0 Å². The van der Waals surface area contributed by atoms with Crippen molar-refractivity contribution >= 4 is 5.97 Å². The number of rotatable bonds is 10. The lowest BCUT2D eigenvalue weighted by atomic mass is 9.99. The number of carboxylic acid groups (broad SMARTS) is 1. The highest BCUT2D eigenvalue weighted by Gasteiger charge is 2.36. The Morgan fingerprint density at radius 3 is 2.42 bits per heavy atom. The van der Waals surface area contributed by atoms with Gasteiger partial charge in [-0.05, 0) is 35.6 Å². The molecule has 0 unspecified atom stereocenters. The molecule has 0 spiro atoms. The average molecular weight is 427 g/mol. The summed E-state index contributed by atoms with van der Waals surface area (Å²) in [6.07, 6.45) is 2.45. The van der Waals surface area contributed by atoms with Crippen molar-refractivity contribution in [3.63, 3.8) is 0 Å². The van der Waals surface area contributed by atoms with Gasteiger partial charge in [-0.3, -0.25) is 0 Å². The van der Waals surface area contributed by atoms with E-state index < -0.39 is 17.7 Å². The topological polar surface area (TPSA) is 68.0 Å². The lowest BCUT2D eigenvalue weighted by Crippen LogP contribution is -2.15. The van der Waals surface area contributed by atoms with Gasteiger partial charge in [0.25, 0.3) is 0 Å². The zero-order valence-electron chi connectivity index (χ0n) is 17.8. The molecule has 0 radical (unpaired) electrons. The van der Waals surface area contributed by atoms with Crippen LogP contribution >= 0.6 is 0 Å². The van der Waals surface area contributed by atoms with Crippen LogP contribution < -0.4 is 0 Å². The van der Waals surface area contributed by atoms with Crippen LogP contribution in [0, 0.1) is 0 Å². The van der Waals surface area contributed by atoms with Crippen molar-refractivity contribution in [2.24, 2.45) is 0 Å². The van der Waals surface area contributed by atoms with Crippen LogP contribution in [0.2, 0.25) is 0 Å². The van der Waals surface area contributed by atoms with Gasteiger partial charge >= 0.3 is 11.9 Å². The largest absolute Gasteiger partial charge is 0.478 e. The van der Waals surface area contributed by atoms with Crippen LogP contribution in [-0.4, -0.2) is 25.8 Å². The SMILES string of the molecule is CCCCc1nc(C(F)(F)CCC)nn1Cc1ccc(-c2ccccc2C(=O)O)cc1. The first-order valence-electron chi connectivity index (χ1n) is 10.6. The summed E-state index contributed by atoms with van der Waals surface area (Å²) in [4.78, 5) is 15.6. The van der Waals surface area contributed by atoms with Gasteiger partial charge in [0.2, 0.25) is 5.82 Å². The molecule has 1 aromatic heterocycles. The summed E-state index contributed by atoms with van der Waals surface area (Å²) in [5.41, 5.74) is 2.52. The molecule has 0 amide bonds. The summed E-state index contributed by atoms with van der Waals surface area (Å²) in [5, 5.41) is 13.5. The van der Waals surface area contributed by atoms with Crippen molar-refractivity contribution in [3.05, 3.63) is 71.3 Å². The molecule has 31 heavy (non-hydrogen) atoms. The minimum atomic E-state index is -3.04. The predicted molar refractivity (Wildman–Crippen MR) is 115 cm³/mol. The first kappa shape index (κ1) is 22.6. The van der Waals surface area contributed by atoms with Gasteiger partial charge < -0.3 is 5.11 Å². The number of hydrogen-bond donors (Lipinski definition) is 1. The normalized spacial score (nSPS) is 11.6. The van der Waals surface area contributed by atoms with Crippen LogP contribution in [-0.2, 0) is 18.9 Å². The van der Waals surface area contributed by atoms with Crippen LogP contribution in [0.25, 0.3) is 11.1 Å². The van der Waals surface area contributed by atoms with E-state index in [1.165, 1.54) is 0 Å². The van der Waals surface area contributed by atoms with Crippen molar-refractivity contribution in [2.45, 2.75) is 58.4 Å². The van der Waals surface area contributed by atoms with E-state index in [-0.39, 0.29) is 12.0 Å². The maximum atomic E-state index is 14.4. The minimum absolute atomic E-state index is 0.233. The average Bonchev–Trinajstić information content (AvgIpc) is 3.16. The van der Waals surface area contributed by atoms with Gasteiger partial charge in [-0.15, -0.1) is 5.10 Å². The van der Waals surface area contributed by atoms with Crippen molar-refractivity contribution in [2.75, 3.05) is 0 Å². The lowest BCUT2D eigenvalue weighted by Gasteiger charge is -2.10. The molecular formula is C24H27F2N3O2. The molecule has 2 aromatic carbocycles. The van der Waals surface area contributed by atoms with E-state index in [2.05, 4.69) is 10.1 Å². The van der Waals surface area contributed by atoms with Crippen molar-refractivity contribution < 1.29 is 18.7 Å². The van der Waals surface area contributed by atoms with E-state index in [1.807, 2.05) is 31.2 Å². The summed E-state index contributed by atoms with van der Waals surface area (Å²) in [7, 11) is 0. The second kappa shape index (κ2) is 9.81. The number of hydrogen-bond acceptors (Lipinski definition) is 3. The Morgan fingerprint density at radius 1 is 1.06 bits per heavy atom. The molecule has 0 saturated heterocycles. The molecule has 1 N–H and O–H groups in total. The van der Waals surface area contributed by atoms with E-state index in [1.54, 1.807) is 35.9 Å². The third kappa shape index (κ3) is 5.34. The smallest absolute Gasteiger partial charge is 0.336 e. The Hall–Kier alpha value is -3.09. The summed E-state index contributed by atoms with van der Waals surface area (Å²) >= 11 is 0. The Morgan fingerprint density at radius 2 is 1.77 bits per heavy atom. The highest BCUT2D eigenvalue weighted by Crippen LogP contribution is 2.31. The number of alkyl halides is 2. The van der Waals surface area contributed by atoms with Gasteiger partial charge in [-0.1, -0.05) is 62.7 Å². The molecule has 0 aliphatic carbocycles. The van der Waals surface area contributed by atoms with Crippen molar-refractivity contribution in [3.8, 4) is 11.1 Å². The third-order valence-electron chi connectivity index (χ3n) is 5.15. The highest BCUT2D eigenvalue weighted by molar-refractivity contribution is 5.95. The molecule has 1 heterocycles. The zero-order valence-corrected chi connectivity index (χ0v) is 17.8. The standard InChI is InChI=1S/C24H27F2N3O2/c1-3-5-10-21-27-23(24(25,26)15-4-2)28-29(21)16-17-11-13-18(14-12-17)19-8-6-7-9-20(19)22(30)31/h6-9,11-14H,3-5,10,15-16H2,1-2H3,(H,30,31). The monoisotopic (exact) mass is 427 g/mol. The Kier molecular flexibility index (Phi) is 7.15. The first-order chi connectivity index (χ1) is 14.9. The van der Waals surface area contributed by atoms with E-state index in [9.17, 15) is 18.7 Å². The van der Waals surface area contributed by atoms with Gasteiger partial charge in [-0.2, -0.15) is 8.78 Å². The van der Waals surface area contributed by atoms with E-state index in [0.717, 1.165) is 24.0 Å². The second-order valence-corrected chi connectivity index (χ2v) is 7.61. The predicted octanol–water partition coefficient (Wildman–Crippen LogP) is 5.93. The van der Waals surface area contributed by atoms with Gasteiger partial charge in [-0.25, -0.2) is 14.5 Å². The van der Waals surface area contributed by atoms with Crippen LogP contribution in [0.5, 0.6) is 0 Å². The minimum Gasteiger partial charge on any atom is -0.478 e. The number of carbonyl (C=O) groups is 1. The van der Waals surface area contributed by atoms with Crippen LogP contribution in [0.1, 0.15) is 67.1 Å². The summed E-state index contributed by atoms with van der Waals surface area (Å²) in [6.45, 7) is 4.09. The third-order valence-corrected chi connectivity index (χ3v) is 5.15. The summed E-state index contributed by atoms with van der Waals surface area (Å²) < 4.78 is 30.3. The lowest BCUT2D eigenvalue weighted by molar-refractivity contribution is -0.0232. The highest BCUT2D eigenvalue weighted by atomic mass is 19.3. The van der Waals surface area contributed by atoms with Crippen LogP contribution in [0.15, 0.2) is 48.5 Å². The quantitative estimate of drug-likeness (QED) is 0.436. The van der Waals surface area contributed by atoms with Gasteiger partial charge in [0.05, 0.1) is 12.1 Å². The molecule has 0 fully saturated rings. The number of aromatic nitrogens is 3. The van der Waals surface area contributed by atoms with Crippen molar-refractivity contribution in [1.29, 1.82) is 0 Å². The molecular weight excluding hydrogens is 400 g/mol. The number of halogens is 2. The molecule has 3 aromatic rings. The number of carboxylic acids is 1. The van der Waals surface area contributed by atoms with Gasteiger partial charge in [0, 0.05) is 12.8 Å². The Bertz CT molecular complexity index is 1030. The maximum absolute atomic E-state index is 14.4. The number of unbranched alkanes of at least 4 members (excludes halogenated alkanes) is 1. The van der Waals surface area contributed by atoms with Crippen molar-refractivity contribution in [1.82, 2.24) is 14.8 Å². The molecule has 0 atom stereocenters. The molecule has 0 aliphatic heterocycles. The fourth-order valence-corrected chi connectivity index (χ4v) is 3.49. The van der Waals surface area contributed by atoms with E-state index in [0.29, 0.717) is 30.8 Å². The molecule has 164 valence electrons. The fourth-order valence-electron chi connectivity index (χ4n) is 3.49. The number of nitrogens with zero attached hydrogens (tertiary/aromatic N) is 3. The molecule has 0 bridgehead atoms. The zero-order chi connectivity index (χ0) is 22.4. The molecule has 0 aliphatic rings. The summed E-state index contributed by atoms with van der Waals surface area (Å²) in [6, 6.07) is 14.2. The number of benzene rings is 2. The molecule has 0 saturated carbocycles. The van der Waals surface area contributed by atoms with Gasteiger partial charge in [0.15, 0.2) is 0 Å². The first-order valence-corrected chi connectivity index (χ1v) is 10.6. The second-order valence-electron chi connectivity index (χ2n) is 7.61. The number of aryl methyl sites for hydroxylation is 1. The summed E-state index contributed by atoms with van der Waals surface area (Å²) in [5.74, 6) is -3.87. The Labute approximate surface area is 180 Å². The van der Waals surface area contributed by atoms with Crippen LogP contribution in [0.4, 0.5) is 8.78 Å². The fraction of sp³-hybridized carbons (Fsp3) is 0.375. The molecule has 5 nitrogen and oxygen atoms in total. The molecule has 3 rings (SSSR count). The van der Waals surface area contributed by atoms with Gasteiger partial charge in [0.1, 0.15) is 5.82 Å². The Balaban J connectivity index is 1.87. The van der Waals surface area contributed by atoms with E-state index >= 15 is 0 Å². The van der Waals surface area contributed by atoms with E-state index in [4.69, 9.17) is 0 Å². The molecule has 7 heteroatoms.